The molecule has 0 saturated carbocycles. The average molecular weight is 400 g/mol. The number of amides is 1. The van der Waals surface area contributed by atoms with E-state index < -0.39 is 0 Å². The summed E-state index contributed by atoms with van der Waals surface area (Å²) in [6.07, 6.45) is 5.41. The molecule has 1 fully saturated rings. The van der Waals surface area contributed by atoms with Crippen molar-refractivity contribution >= 4 is 5.91 Å². The molecular weight excluding hydrogens is 371 g/mol. The Hall–Kier alpha value is -2.25. The molecule has 2 aromatic rings. The minimum Gasteiger partial charge on any atom is -0.365 e. The van der Waals surface area contributed by atoms with Gasteiger partial charge in [-0.15, -0.1) is 0 Å². The molecule has 6 nitrogen and oxygen atoms in total. The van der Waals surface area contributed by atoms with Crippen molar-refractivity contribution in [1.82, 2.24) is 19.6 Å². The van der Waals surface area contributed by atoms with E-state index in [-0.39, 0.29) is 23.2 Å². The number of aromatic nitrogens is 2. The lowest BCUT2D eigenvalue weighted by molar-refractivity contribution is -0.135. The Labute approximate surface area is 171 Å². The number of ether oxygens (including phenoxy) is 1. The van der Waals surface area contributed by atoms with Crippen molar-refractivity contribution in [2.45, 2.75) is 38.5 Å². The fourth-order valence-corrected chi connectivity index (χ4v) is 4.59. The molecule has 2 aliphatic rings. The van der Waals surface area contributed by atoms with E-state index in [0.29, 0.717) is 19.7 Å². The van der Waals surface area contributed by atoms with E-state index in [9.17, 15) is 9.18 Å². The van der Waals surface area contributed by atoms with Crippen LogP contribution >= 0.6 is 0 Å². The van der Waals surface area contributed by atoms with Gasteiger partial charge in [-0.2, -0.15) is 5.10 Å². The smallest absolute Gasteiger partial charge is 0.228 e. The van der Waals surface area contributed by atoms with Crippen LogP contribution in [-0.4, -0.2) is 59.2 Å². The van der Waals surface area contributed by atoms with Crippen LogP contribution in [0.25, 0.3) is 0 Å². The van der Waals surface area contributed by atoms with Crippen LogP contribution < -0.4 is 0 Å². The normalized spacial score (nSPS) is 19.3. The molecule has 1 spiro atoms. The van der Waals surface area contributed by atoms with Crippen LogP contribution in [0.3, 0.4) is 0 Å². The monoisotopic (exact) mass is 400 g/mol. The fraction of sp³-hybridized carbons (Fsp3) is 0.545. The largest absolute Gasteiger partial charge is 0.365 e. The lowest BCUT2D eigenvalue weighted by Crippen LogP contribution is -2.47. The quantitative estimate of drug-likeness (QED) is 0.774. The van der Waals surface area contributed by atoms with E-state index in [0.717, 1.165) is 42.6 Å². The number of carbonyl (C=O) groups is 1. The zero-order chi connectivity index (χ0) is 20.6. The molecule has 1 aromatic carbocycles. The molecule has 1 saturated heterocycles. The fourth-order valence-electron chi connectivity index (χ4n) is 4.59. The highest BCUT2D eigenvalue weighted by molar-refractivity contribution is 5.78. The van der Waals surface area contributed by atoms with Gasteiger partial charge in [0.05, 0.1) is 30.9 Å². The number of piperidine rings is 1. The Morgan fingerprint density at radius 1 is 1.31 bits per heavy atom. The predicted molar refractivity (Wildman–Crippen MR) is 108 cm³/mol. The second-order valence-corrected chi connectivity index (χ2v) is 8.55. The number of hydrogen-bond acceptors (Lipinski definition) is 4. The van der Waals surface area contributed by atoms with Crippen LogP contribution in [0.5, 0.6) is 0 Å². The molecule has 1 unspecified atom stereocenters. The summed E-state index contributed by atoms with van der Waals surface area (Å²) < 4.78 is 21.8. The maximum Gasteiger partial charge on any atom is 0.228 e. The summed E-state index contributed by atoms with van der Waals surface area (Å²) in [5.74, 6) is -0.252. The highest BCUT2D eigenvalue weighted by Crippen LogP contribution is 2.44. The Morgan fingerprint density at radius 3 is 2.72 bits per heavy atom. The molecule has 1 amide bonds. The summed E-state index contributed by atoms with van der Waals surface area (Å²) in [5, 5.41) is 4.35. The third-order valence-electron chi connectivity index (χ3n) is 6.17. The van der Waals surface area contributed by atoms with Gasteiger partial charge in [-0.05, 0) is 48.6 Å². The van der Waals surface area contributed by atoms with Crippen molar-refractivity contribution in [1.29, 1.82) is 0 Å². The number of nitrogens with zero attached hydrogens (tertiary/aromatic N) is 4. The number of likely N-dealkylation sites (tertiary alicyclic amines) is 1. The zero-order valence-electron chi connectivity index (χ0n) is 17.4. The molecule has 7 heteroatoms. The van der Waals surface area contributed by atoms with Crippen molar-refractivity contribution in [3.8, 4) is 0 Å². The van der Waals surface area contributed by atoms with E-state index in [1.165, 1.54) is 6.07 Å². The first kappa shape index (κ1) is 20.0. The number of benzene rings is 1. The van der Waals surface area contributed by atoms with Gasteiger partial charge in [0.1, 0.15) is 5.82 Å². The Bertz CT molecular complexity index is 887. The van der Waals surface area contributed by atoms with Crippen molar-refractivity contribution in [3.63, 3.8) is 0 Å². The van der Waals surface area contributed by atoms with Crippen LogP contribution in [-0.2, 0) is 28.3 Å². The SMILES string of the molecule is Cc1cnn(CC(CN2CCC3(CC2)OCc2ccc(F)cc23)C(=O)N(C)C)c1. The van der Waals surface area contributed by atoms with Gasteiger partial charge in [-0.3, -0.25) is 9.48 Å². The molecule has 4 rings (SSSR count). The molecule has 2 aliphatic heterocycles. The molecule has 156 valence electrons. The highest BCUT2D eigenvalue weighted by atomic mass is 19.1. The first-order valence-corrected chi connectivity index (χ1v) is 10.2. The second-order valence-electron chi connectivity index (χ2n) is 8.55. The van der Waals surface area contributed by atoms with Crippen molar-refractivity contribution < 1.29 is 13.9 Å². The minimum absolute atomic E-state index is 0.114. The molecule has 0 radical (unpaired) electrons. The van der Waals surface area contributed by atoms with Gasteiger partial charge in [0.2, 0.25) is 5.91 Å². The Balaban J connectivity index is 1.43. The first-order valence-electron chi connectivity index (χ1n) is 10.2. The van der Waals surface area contributed by atoms with Crippen molar-refractivity contribution in [3.05, 3.63) is 53.1 Å². The number of fused-ring (bicyclic) bond motifs is 2. The Morgan fingerprint density at radius 2 is 2.07 bits per heavy atom. The third kappa shape index (κ3) is 4.07. The van der Waals surface area contributed by atoms with Gasteiger partial charge in [0.15, 0.2) is 0 Å². The van der Waals surface area contributed by atoms with E-state index in [1.54, 1.807) is 25.1 Å². The van der Waals surface area contributed by atoms with Crippen LogP contribution in [0.1, 0.15) is 29.5 Å². The molecule has 0 bridgehead atoms. The van der Waals surface area contributed by atoms with Gasteiger partial charge in [0, 0.05) is 39.9 Å². The summed E-state index contributed by atoms with van der Waals surface area (Å²) in [5.41, 5.74) is 2.80. The van der Waals surface area contributed by atoms with Crippen LogP contribution in [0.2, 0.25) is 0 Å². The van der Waals surface area contributed by atoms with E-state index in [4.69, 9.17) is 4.74 Å². The maximum absolute atomic E-state index is 13.8. The van der Waals surface area contributed by atoms with Crippen molar-refractivity contribution in [2.24, 2.45) is 5.92 Å². The molecule has 29 heavy (non-hydrogen) atoms. The van der Waals surface area contributed by atoms with E-state index >= 15 is 0 Å². The number of carbonyl (C=O) groups excluding carboxylic acids is 1. The van der Waals surface area contributed by atoms with E-state index in [1.807, 2.05) is 30.1 Å². The standard InChI is InChI=1S/C22H29FN4O2/c1-16-11-24-27(12-16)14-18(21(28)25(2)3)13-26-8-6-22(7-9-26)20-10-19(23)5-4-17(20)15-29-22/h4-5,10-12,18H,6-9,13-15H2,1-3H3. The lowest BCUT2D eigenvalue weighted by atomic mass is 9.83. The third-order valence-corrected chi connectivity index (χ3v) is 6.17. The van der Waals surface area contributed by atoms with Gasteiger partial charge in [-0.25, -0.2) is 4.39 Å². The molecule has 0 aliphatic carbocycles. The summed E-state index contributed by atoms with van der Waals surface area (Å²) in [6, 6.07) is 4.98. The number of hydrogen-bond donors (Lipinski definition) is 0. The Kier molecular flexibility index (Phi) is 5.44. The van der Waals surface area contributed by atoms with Gasteiger partial charge >= 0.3 is 0 Å². The van der Waals surface area contributed by atoms with Crippen LogP contribution in [0, 0.1) is 18.7 Å². The van der Waals surface area contributed by atoms with Gasteiger partial charge in [0.25, 0.3) is 0 Å². The molecule has 3 heterocycles. The number of aryl methyl sites for hydroxylation is 1. The summed E-state index contributed by atoms with van der Waals surface area (Å²) in [7, 11) is 3.60. The zero-order valence-corrected chi connectivity index (χ0v) is 17.4. The van der Waals surface area contributed by atoms with Crippen LogP contribution in [0.4, 0.5) is 4.39 Å². The highest BCUT2D eigenvalue weighted by Gasteiger charge is 2.43. The van der Waals surface area contributed by atoms with Crippen LogP contribution in [0.15, 0.2) is 30.6 Å². The topological polar surface area (TPSA) is 50.6 Å². The van der Waals surface area contributed by atoms with E-state index in [2.05, 4.69) is 10.00 Å². The summed E-state index contributed by atoms with van der Waals surface area (Å²) in [4.78, 5) is 16.8. The molecule has 1 aromatic heterocycles. The molecule has 1 atom stereocenters. The van der Waals surface area contributed by atoms with Gasteiger partial charge in [-0.1, -0.05) is 6.07 Å². The summed E-state index contributed by atoms with van der Waals surface area (Å²) in [6.45, 7) is 5.45. The minimum atomic E-state index is -0.381. The molecule has 0 N–H and O–H groups in total. The average Bonchev–Trinajstić information content (AvgIpc) is 3.26. The number of halogens is 1. The first-order chi connectivity index (χ1) is 13.9. The lowest BCUT2D eigenvalue weighted by Gasteiger charge is -2.40. The second kappa shape index (κ2) is 7.88. The summed E-state index contributed by atoms with van der Waals surface area (Å²) >= 11 is 0. The maximum atomic E-state index is 13.8. The van der Waals surface area contributed by atoms with Gasteiger partial charge < -0.3 is 14.5 Å². The molecular formula is C22H29FN4O2. The number of rotatable bonds is 5. The predicted octanol–water partition coefficient (Wildman–Crippen LogP) is 2.56. The van der Waals surface area contributed by atoms with Crippen molar-refractivity contribution in [2.75, 3.05) is 33.7 Å².